The van der Waals surface area contributed by atoms with Crippen molar-refractivity contribution in [1.29, 1.82) is 0 Å². The molecule has 0 heterocycles. The van der Waals surface area contributed by atoms with Gasteiger partial charge in [-0.05, 0) is 122 Å². The van der Waals surface area contributed by atoms with Crippen LogP contribution in [-0.2, 0) is 33.3 Å². The minimum absolute atomic E-state index is 0.137. The molecule has 0 radical (unpaired) electrons. The van der Waals surface area contributed by atoms with Gasteiger partial charge < -0.3 is 33.3 Å². The molecule has 0 spiro atoms. The number of ether oxygens (including phenoxy) is 4. The highest BCUT2D eigenvalue weighted by Gasteiger charge is 2.22. The lowest BCUT2D eigenvalue weighted by atomic mass is 10.1. The van der Waals surface area contributed by atoms with Gasteiger partial charge in [-0.15, -0.1) is 0 Å². The van der Waals surface area contributed by atoms with Crippen molar-refractivity contribution in [3.63, 3.8) is 0 Å². The first-order valence-electron chi connectivity index (χ1n) is 33.6. The van der Waals surface area contributed by atoms with Crippen LogP contribution in [-0.4, -0.2) is 82.3 Å². The van der Waals surface area contributed by atoms with Crippen LogP contribution in [0.2, 0.25) is 0 Å². The average molecular weight is 1180 g/mol. The van der Waals surface area contributed by atoms with Gasteiger partial charge in [0.05, 0.1) is 40.3 Å². The van der Waals surface area contributed by atoms with Gasteiger partial charge in [-0.1, -0.05) is 268 Å². The highest BCUT2D eigenvalue weighted by Crippen LogP contribution is 2.15. The Morgan fingerprint density at radius 1 is 0.353 bits per heavy atom. The van der Waals surface area contributed by atoms with E-state index in [-0.39, 0.29) is 38.6 Å². The van der Waals surface area contributed by atoms with Gasteiger partial charge in [0.25, 0.3) is 0 Å². The zero-order valence-corrected chi connectivity index (χ0v) is 54.7. The summed E-state index contributed by atoms with van der Waals surface area (Å²) in [7, 11) is 5.91. The normalized spacial score (nSPS) is 13.8. The quantitative estimate of drug-likeness (QED) is 0.0195. The number of hydrogen-bond acceptors (Lipinski definition) is 8. The first kappa shape index (κ1) is 79.9. The molecule has 0 aliphatic rings. The van der Waals surface area contributed by atoms with Crippen LogP contribution >= 0.6 is 0 Å². The number of hydrogen-bond donors (Lipinski definition) is 0. The van der Waals surface area contributed by atoms with Crippen LogP contribution in [0.1, 0.15) is 245 Å². The number of aliphatic carboxylic acids is 1. The van der Waals surface area contributed by atoms with Gasteiger partial charge in [0.15, 0.2) is 12.4 Å². The van der Waals surface area contributed by atoms with Crippen molar-refractivity contribution in [1.82, 2.24) is 0 Å². The third-order valence-electron chi connectivity index (χ3n) is 13.8. The third kappa shape index (κ3) is 66.3. The molecule has 0 aromatic rings. The molecule has 2 unspecified atom stereocenters. The molecule has 0 aromatic carbocycles. The van der Waals surface area contributed by atoms with Crippen LogP contribution in [0.15, 0.2) is 158 Å². The van der Waals surface area contributed by atoms with E-state index >= 15 is 0 Å². The summed E-state index contributed by atoms with van der Waals surface area (Å²) in [6.45, 7) is 4.50. The zero-order chi connectivity index (χ0) is 61.9. The number of carboxylic acids is 1. The molecule has 9 heteroatoms. The van der Waals surface area contributed by atoms with Crippen LogP contribution in [0.4, 0.5) is 0 Å². The van der Waals surface area contributed by atoms with Crippen molar-refractivity contribution in [3.8, 4) is 0 Å². The molecule has 0 saturated carbocycles. The summed E-state index contributed by atoms with van der Waals surface area (Å²) in [5, 5.41) is 11.8. The summed E-state index contributed by atoms with van der Waals surface area (Å²) in [4.78, 5) is 37.5. The van der Waals surface area contributed by atoms with E-state index in [4.69, 9.17) is 18.9 Å². The summed E-state index contributed by atoms with van der Waals surface area (Å²) in [5.41, 5.74) is 0. The molecule has 0 aliphatic heterocycles. The lowest BCUT2D eigenvalue weighted by Crippen LogP contribution is -2.44. The van der Waals surface area contributed by atoms with Crippen LogP contribution in [0.25, 0.3) is 0 Å². The van der Waals surface area contributed by atoms with Crippen molar-refractivity contribution in [2.24, 2.45) is 0 Å². The number of carbonyl (C=O) groups excluding carboxylic acids is 3. The van der Waals surface area contributed by atoms with Gasteiger partial charge in [0.1, 0.15) is 13.2 Å². The smallest absolute Gasteiger partial charge is 0.306 e. The van der Waals surface area contributed by atoms with Gasteiger partial charge in [-0.2, -0.15) is 0 Å². The van der Waals surface area contributed by atoms with Crippen molar-refractivity contribution in [2.45, 2.75) is 257 Å². The molecule has 0 saturated heterocycles. The number of carbonyl (C=O) groups is 3. The lowest BCUT2D eigenvalue weighted by molar-refractivity contribution is -0.870. The van der Waals surface area contributed by atoms with E-state index in [0.29, 0.717) is 17.4 Å². The second-order valence-corrected chi connectivity index (χ2v) is 23.0. The van der Waals surface area contributed by atoms with Crippen molar-refractivity contribution < 1.29 is 42.9 Å². The Bertz CT molecular complexity index is 1950. The molecule has 85 heavy (non-hydrogen) atoms. The minimum Gasteiger partial charge on any atom is -0.545 e. The van der Waals surface area contributed by atoms with Gasteiger partial charge >= 0.3 is 11.9 Å². The maximum Gasteiger partial charge on any atom is 0.306 e. The molecular weight excluding hydrogens is 1050 g/mol. The van der Waals surface area contributed by atoms with Gasteiger partial charge in [-0.3, -0.25) is 9.59 Å². The molecule has 0 bridgehead atoms. The number of likely N-dealkylation sites (N-methyl/N-ethyl adjacent to an activating group) is 1. The van der Waals surface area contributed by atoms with Crippen LogP contribution in [0.3, 0.4) is 0 Å². The molecule has 480 valence electrons. The van der Waals surface area contributed by atoms with E-state index < -0.39 is 24.3 Å². The Morgan fingerprint density at radius 3 is 0.941 bits per heavy atom. The Kier molecular flexibility index (Phi) is 61.0. The fraction of sp³-hybridized carbons (Fsp3) is 0.618. The summed E-state index contributed by atoms with van der Waals surface area (Å²) >= 11 is 0. The molecule has 0 fully saturated rings. The van der Waals surface area contributed by atoms with Crippen LogP contribution < -0.4 is 5.11 Å². The maximum atomic E-state index is 12.9. The summed E-state index contributed by atoms with van der Waals surface area (Å²) < 4.78 is 22.8. The second kappa shape index (κ2) is 64.9. The van der Waals surface area contributed by atoms with Crippen molar-refractivity contribution in [2.75, 3.05) is 47.5 Å². The highest BCUT2D eigenvalue weighted by molar-refractivity contribution is 5.70. The zero-order valence-electron chi connectivity index (χ0n) is 54.7. The lowest BCUT2D eigenvalue weighted by Gasteiger charge is -2.26. The number of allylic oxidation sites excluding steroid dienone is 26. The second-order valence-electron chi connectivity index (χ2n) is 23.0. The van der Waals surface area contributed by atoms with Gasteiger partial charge in [0, 0.05) is 12.8 Å². The molecule has 2 atom stereocenters. The van der Waals surface area contributed by atoms with E-state index in [0.717, 1.165) is 141 Å². The highest BCUT2D eigenvalue weighted by atomic mass is 16.7. The predicted molar refractivity (Wildman–Crippen MR) is 361 cm³/mol. The standard InChI is InChI=1S/C76H123NO8/c1-6-8-10-12-14-16-18-20-22-24-26-28-30-32-34-36-37-39-41-43-45-47-49-51-53-55-57-59-61-63-65-67-74(79)85-72(71-84-76(75(80)81)82-69-68-77(3,4)5)70-83-73(78)66-64-62-60-58-56-54-52-50-48-46-44-42-40-38-35-33-31-29-27-25-23-21-19-17-15-13-11-9-7-2/h8-11,14-17,20-23,26-29,32-35,37,39-40,42-43,45,72,76H,6-7,12-13,18-19,24-25,30-31,36,38,41,44,46-71H2,1-5H3/b10-8-,11-9-,16-14-,17-15-,22-20-,23-21-,28-26-,29-27-,34-32-,35-33-,39-37-,42-40-,45-43-. The number of unbranched alkanes of at least 4 members (excludes halogenated alkanes) is 19. The molecule has 0 aromatic heterocycles. The van der Waals surface area contributed by atoms with Crippen molar-refractivity contribution in [3.05, 3.63) is 158 Å². The molecule has 0 amide bonds. The molecule has 9 nitrogen and oxygen atoms in total. The van der Waals surface area contributed by atoms with E-state index in [1.165, 1.54) is 70.6 Å². The first-order valence-corrected chi connectivity index (χ1v) is 33.6. The summed E-state index contributed by atoms with van der Waals surface area (Å²) in [6.07, 6.45) is 93.0. The Labute approximate surface area is 521 Å². The monoisotopic (exact) mass is 1180 g/mol. The maximum absolute atomic E-state index is 12.9. The number of rotatable bonds is 60. The molecule has 0 aliphatic carbocycles. The summed E-state index contributed by atoms with van der Waals surface area (Å²) in [6, 6.07) is 0. The predicted octanol–water partition coefficient (Wildman–Crippen LogP) is 19.6. The Hall–Kier alpha value is -5.09. The average Bonchev–Trinajstić information content (AvgIpc) is 3.49. The molecule has 0 rings (SSSR count). The number of carboxylic acid groups (broad SMARTS) is 1. The Balaban J connectivity index is 4.23. The number of nitrogens with zero attached hydrogens (tertiary/aromatic N) is 1. The molecule has 0 N–H and O–H groups in total. The van der Waals surface area contributed by atoms with Gasteiger partial charge in [0.2, 0.25) is 0 Å². The number of esters is 2. The van der Waals surface area contributed by atoms with Crippen molar-refractivity contribution >= 4 is 17.9 Å². The van der Waals surface area contributed by atoms with E-state index in [9.17, 15) is 19.5 Å². The van der Waals surface area contributed by atoms with E-state index in [2.05, 4.69) is 172 Å². The largest absolute Gasteiger partial charge is 0.545 e. The summed E-state index contributed by atoms with van der Waals surface area (Å²) in [5.74, 6) is -2.31. The minimum atomic E-state index is -1.64. The third-order valence-corrected chi connectivity index (χ3v) is 13.8. The molecular formula is C76H123NO8. The fourth-order valence-corrected chi connectivity index (χ4v) is 8.70. The van der Waals surface area contributed by atoms with E-state index in [1.807, 2.05) is 21.1 Å². The van der Waals surface area contributed by atoms with Gasteiger partial charge in [-0.25, -0.2) is 0 Å². The fourth-order valence-electron chi connectivity index (χ4n) is 8.70. The van der Waals surface area contributed by atoms with E-state index in [1.54, 1.807) is 0 Å². The SMILES string of the molecule is CC/C=C\C/C=C\C/C=C\C/C=C\C/C=C\C/C=C\C/C=C\CCCCCCCCCCCC(=O)OC(COC(=O)CCCCCCCCCCCC/C=C\C/C=C\C/C=C\C/C=C\C/C=C\C/C=C\CC)COC(OCC[N+](C)(C)C)C(=O)[O-]. The number of quaternary nitrogens is 1. The van der Waals surface area contributed by atoms with Crippen LogP contribution in [0, 0.1) is 0 Å². The van der Waals surface area contributed by atoms with Crippen LogP contribution in [0.5, 0.6) is 0 Å². The Morgan fingerprint density at radius 2 is 0.635 bits per heavy atom. The first-order chi connectivity index (χ1) is 41.6. The topological polar surface area (TPSA) is 111 Å².